The molecule has 0 aliphatic carbocycles. The van der Waals surface area contributed by atoms with Gasteiger partial charge in [-0.3, -0.25) is 9.59 Å². The molecule has 1 fully saturated rings. The first kappa shape index (κ1) is 20.9. The van der Waals surface area contributed by atoms with Crippen molar-refractivity contribution in [2.45, 2.75) is 39.5 Å². The summed E-state index contributed by atoms with van der Waals surface area (Å²) in [6.07, 6.45) is 3.41. The molecule has 5 heteroatoms. The zero-order chi connectivity index (χ0) is 20.6. The van der Waals surface area contributed by atoms with Crippen LogP contribution in [0.25, 0.3) is 0 Å². The predicted octanol–water partition coefficient (Wildman–Crippen LogP) is 4.34. The molecule has 154 valence electrons. The quantitative estimate of drug-likeness (QED) is 0.726. The molecule has 2 amide bonds. The Hall–Kier alpha value is -2.82. The van der Waals surface area contributed by atoms with Crippen molar-refractivity contribution in [1.82, 2.24) is 4.90 Å². The Bertz CT molecular complexity index is 825. The molecule has 0 radical (unpaired) electrons. The first-order valence-electron chi connectivity index (χ1n) is 10.6. The third kappa shape index (κ3) is 5.37. The van der Waals surface area contributed by atoms with Crippen molar-refractivity contribution in [3.05, 3.63) is 59.7 Å². The summed E-state index contributed by atoms with van der Waals surface area (Å²) in [5.41, 5.74) is 3.48. The SMILES string of the molecule is CCN(CC)C(=O)c1cc(NC(=O)CCc2ccccc2)ccc1N1CCCC1. The van der Waals surface area contributed by atoms with Crippen LogP contribution in [0, 0.1) is 0 Å². The maximum atomic E-state index is 13.1. The van der Waals surface area contributed by atoms with Crippen LogP contribution in [-0.4, -0.2) is 42.9 Å². The van der Waals surface area contributed by atoms with Gasteiger partial charge in [0.05, 0.1) is 5.56 Å². The Morgan fingerprint density at radius 1 is 1.00 bits per heavy atom. The molecule has 1 N–H and O–H groups in total. The first-order chi connectivity index (χ1) is 14.1. The van der Waals surface area contributed by atoms with E-state index < -0.39 is 0 Å². The van der Waals surface area contributed by atoms with E-state index in [0.29, 0.717) is 37.2 Å². The lowest BCUT2D eigenvalue weighted by Gasteiger charge is -2.25. The molecule has 5 nitrogen and oxygen atoms in total. The number of nitrogens with zero attached hydrogens (tertiary/aromatic N) is 2. The van der Waals surface area contributed by atoms with Crippen LogP contribution >= 0.6 is 0 Å². The zero-order valence-electron chi connectivity index (χ0n) is 17.5. The largest absolute Gasteiger partial charge is 0.371 e. The van der Waals surface area contributed by atoms with Crippen LogP contribution < -0.4 is 10.2 Å². The van der Waals surface area contributed by atoms with Gasteiger partial charge in [0.1, 0.15) is 0 Å². The summed E-state index contributed by atoms with van der Waals surface area (Å²) in [5.74, 6) is -0.0127. The fourth-order valence-electron chi connectivity index (χ4n) is 3.83. The lowest BCUT2D eigenvalue weighted by molar-refractivity contribution is -0.116. The normalized spacial score (nSPS) is 13.4. The highest BCUT2D eigenvalue weighted by Crippen LogP contribution is 2.29. The maximum Gasteiger partial charge on any atom is 0.256 e. The van der Waals surface area contributed by atoms with Gasteiger partial charge in [-0.2, -0.15) is 0 Å². The number of rotatable bonds is 8. The topological polar surface area (TPSA) is 52.7 Å². The van der Waals surface area contributed by atoms with Crippen molar-refractivity contribution in [1.29, 1.82) is 0 Å². The summed E-state index contributed by atoms with van der Waals surface area (Å²) in [6.45, 7) is 7.27. The second-order valence-corrected chi connectivity index (χ2v) is 7.44. The summed E-state index contributed by atoms with van der Waals surface area (Å²) in [5, 5.41) is 2.97. The molecule has 1 heterocycles. The highest BCUT2D eigenvalue weighted by Gasteiger charge is 2.23. The molecule has 0 bridgehead atoms. The fourth-order valence-corrected chi connectivity index (χ4v) is 3.83. The molecule has 1 aliphatic heterocycles. The second kappa shape index (κ2) is 10.1. The number of carbonyl (C=O) groups is 2. The molecule has 0 unspecified atom stereocenters. The van der Waals surface area contributed by atoms with Gasteiger partial charge >= 0.3 is 0 Å². The Morgan fingerprint density at radius 3 is 2.34 bits per heavy atom. The summed E-state index contributed by atoms with van der Waals surface area (Å²) in [4.78, 5) is 29.7. The molecule has 2 aromatic rings. The van der Waals surface area contributed by atoms with Crippen molar-refractivity contribution in [3.63, 3.8) is 0 Å². The van der Waals surface area contributed by atoms with Gasteiger partial charge < -0.3 is 15.1 Å². The van der Waals surface area contributed by atoms with E-state index in [1.54, 1.807) is 0 Å². The van der Waals surface area contributed by atoms with Crippen LogP contribution in [0.3, 0.4) is 0 Å². The molecule has 0 atom stereocenters. The van der Waals surface area contributed by atoms with Gasteiger partial charge in [0, 0.05) is 44.0 Å². The minimum atomic E-state index is -0.0380. The van der Waals surface area contributed by atoms with Gasteiger partial charge in [0.25, 0.3) is 5.91 Å². The van der Waals surface area contributed by atoms with Gasteiger partial charge in [0.15, 0.2) is 0 Å². The summed E-state index contributed by atoms with van der Waals surface area (Å²) >= 11 is 0. The zero-order valence-corrected chi connectivity index (χ0v) is 17.5. The number of nitrogens with one attached hydrogen (secondary N) is 1. The van der Waals surface area contributed by atoms with E-state index >= 15 is 0 Å². The van der Waals surface area contributed by atoms with Crippen LogP contribution in [0.15, 0.2) is 48.5 Å². The van der Waals surface area contributed by atoms with E-state index in [0.717, 1.165) is 37.2 Å². The average molecular weight is 394 g/mol. The molecule has 2 aromatic carbocycles. The van der Waals surface area contributed by atoms with E-state index in [9.17, 15) is 9.59 Å². The van der Waals surface area contributed by atoms with Crippen molar-refractivity contribution in [2.24, 2.45) is 0 Å². The van der Waals surface area contributed by atoms with Crippen LogP contribution in [0.5, 0.6) is 0 Å². The minimum absolute atomic E-state index is 0.0253. The number of amides is 2. The van der Waals surface area contributed by atoms with Crippen LogP contribution in [0.1, 0.15) is 49.0 Å². The number of aryl methyl sites for hydroxylation is 1. The Kier molecular flexibility index (Phi) is 7.28. The van der Waals surface area contributed by atoms with Crippen molar-refractivity contribution >= 4 is 23.2 Å². The monoisotopic (exact) mass is 393 g/mol. The third-order valence-electron chi connectivity index (χ3n) is 5.49. The van der Waals surface area contributed by atoms with Crippen LogP contribution in [-0.2, 0) is 11.2 Å². The first-order valence-corrected chi connectivity index (χ1v) is 10.6. The molecule has 0 aromatic heterocycles. The number of benzene rings is 2. The lowest BCUT2D eigenvalue weighted by Crippen LogP contribution is -2.32. The third-order valence-corrected chi connectivity index (χ3v) is 5.49. The smallest absolute Gasteiger partial charge is 0.256 e. The molecular formula is C24H31N3O2. The predicted molar refractivity (Wildman–Crippen MR) is 119 cm³/mol. The van der Waals surface area contributed by atoms with E-state index in [-0.39, 0.29) is 11.8 Å². The molecule has 0 saturated carbocycles. The Morgan fingerprint density at radius 2 is 1.69 bits per heavy atom. The Balaban J connectivity index is 1.75. The molecular weight excluding hydrogens is 362 g/mol. The lowest BCUT2D eigenvalue weighted by atomic mass is 10.1. The molecule has 29 heavy (non-hydrogen) atoms. The summed E-state index contributed by atoms with van der Waals surface area (Å²) < 4.78 is 0. The number of anilines is 2. The van der Waals surface area contributed by atoms with Crippen molar-refractivity contribution in [2.75, 3.05) is 36.4 Å². The number of carbonyl (C=O) groups excluding carboxylic acids is 2. The summed E-state index contributed by atoms with van der Waals surface area (Å²) in [7, 11) is 0. The molecule has 3 rings (SSSR count). The van der Waals surface area contributed by atoms with Crippen molar-refractivity contribution in [3.8, 4) is 0 Å². The van der Waals surface area contributed by atoms with E-state index in [1.807, 2.05) is 67.3 Å². The standard InChI is InChI=1S/C24H31N3O2/c1-3-26(4-2)24(29)21-18-20(13-14-22(21)27-16-8-9-17-27)25-23(28)15-12-19-10-6-5-7-11-19/h5-7,10-11,13-14,18H,3-4,8-9,12,15-17H2,1-2H3,(H,25,28). The van der Waals surface area contributed by atoms with Gasteiger partial charge in [-0.05, 0) is 56.9 Å². The maximum absolute atomic E-state index is 13.1. The highest BCUT2D eigenvalue weighted by atomic mass is 16.2. The number of hydrogen-bond donors (Lipinski definition) is 1. The second-order valence-electron chi connectivity index (χ2n) is 7.44. The van der Waals surface area contributed by atoms with Gasteiger partial charge in [-0.25, -0.2) is 0 Å². The average Bonchev–Trinajstić information content (AvgIpc) is 3.28. The Labute approximate surface area is 173 Å². The van der Waals surface area contributed by atoms with Crippen LogP contribution in [0.4, 0.5) is 11.4 Å². The molecule has 1 saturated heterocycles. The summed E-state index contributed by atoms with van der Waals surface area (Å²) in [6, 6.07) is 15.7. The van der Waals surface area contributed by atoms with Gasteiger partial charge in [-0.1, -0.05) is 30.3 Å². The number of hydrogen-bond acceptors (Lipinski definition) is 3. The van der Waals surface area contributed by atoms with Crippen molar-refractivity contribution < 1.29 is 9.59 Å². The fraction of sp³-hybridized carbons (Fsp3) is 0.417. The molecule has 0 spiro atoms. The van der Waals surface area contributed by atoms with Crippen LogP contribution in [0.2, 0.25) is 0 Å². The minimum Gasteiger partial charge on any atom is -0.371 e. The molecule has 1 aliphatic rings. The van der Waals surface area contributed by atoms with E-state index in [4.69, 9.17) is 0 Å². The van der Waals surface area contributed by atoms with E-state index in [2.05, 4.69) is 10.2 Å². The van der Waals surface area contributed by atoms with E-state index in [1.165, 1.54) is 0 Å². The van der Waals surface area contributed by atoms with Gasteiger partial charge in [0.2, 0.25) is 5.91 Å². The highest BCUT2D eigenvalue weighted by molar-refractivity contribution is 6.02. The van der Waals surface area contributed by atoms with Gasteiger partial charge in [-0.15, -0.1) is 0 Å².